The lowest BCUT2D eigenvalue weighted by molar-refractivity contribution is 0.511. The van der Waals surface area contributed by atoms with Crippen LogP contribution in [-0.4, -0.2) is 16.5 Å². The molecule has 6 heteroatoms. The highest BCUT2D eigenvalue weighted by molar-refractivity contribution is 5.66. The molecule has 2 aromatic rings. The van der Waals surface area contributed by atoms with Crippen molar-refractivity contribution in [3.63, 3.8) is 0 Å². The van der Waals surface area contributed by atoms with Gasteiger partial charge in [0, 0.05) is 12.1 Å². The van der Waals surface area contributed by atoms with Gasteiger partial charge in [0.15, 0.2) is 11.6 Å². The zero-order valence-electron chi connectivity index (χ0n) is 12.2. The van der Waals surface area contributed by atoms with E-state index >= 15 is 0 Å². The van der Waals surface area contributed by atoms with Crippen LogP contribution in [0.15, 0.2) is 24.5 Å². The molecule has 0 saturated heterocycles. The van der Waals surface area contributed by atoms with Crippen molar-refractivity contribution in [3.8, 4) is 0 Å². The monoisotopic (exact) mass is 292 g/mol. The molecule has 21 heavy (non-hydrogen) atoms. The van der Waals surface area contributed by atoms with E-state index in [0.717, 1.165) is 11.6 Å². The Hall–Kier alpha value is -2.24. The van der Waals surface area contributed by atoms with Crippen LogP contribution in [0.3, 0.4) is 0 Å². The van der Waals surface area contributed by atoms with E-state index in [2.05, 4.69) is 20.6 Å². The molecule has 2 N–H and O–H groups in total. The molecule has 2 rings (SSSR count). The molecule has 0 radical (unpaired) electrons. The summed E-state index contributed by atoms with van der Waals surface area (Å²) in [5.41, 5.74) is 0.890. The molecule has 0 amide bonds. The van der Waals surface area contributed by atoms with Crippen molar-refractivity contribution < 1.29 is 8.78 Å². The molecular weight excluding hydrogens is 274 g/mol. The number of nitrogens with one attached hydrogen (secondary N) is 2. The van der Waals surface area contributed by atoms with Crippen molar-refractivity contribution >= 4 is 17.3 Å². The molecule has 0 atom stereocenters. The molecular formula is C15H18F2N4. The second-order valence-electron chi connectivity index (χ2n) is 4.90. The fourth-order valence-electron chi connectivity index (χ4n) is 2.08. The molecule has 0 aliphatic carbocycles. The minimum atomic E-state index is -0.921. The van der Waals surface area contributed by atoms with Crippen molar-refractivity contribution in [2.24, 2.45) is 0 Å². The van der Waals surface area contributed by atoms with Crippen LogP contribution < -0.4 is 10.6 Å². The van der Waals surface area contributed by atoms with Gasteiger partial charge < -0.3 is 10.6 Å². The van der Waals surface area contributed by atoms with Gasteiger partial charge in [0.1, 0.15) is 18.0 Å². The third-order valence-electron chi connectivity index (χ3n) is 3.01. The van der Waals surface area contributed by atoms with Crippen molar-refractivity contribution in [1.29, 1.82) is 0 Å². The Morgan fingerprint density at radius 1 is 1.14 bits per heavy atom. The molecule has 4 nitrogen and oxygen atoms in total. The number of hydrogen-bond acceptors (Lipinski definition) is 4. The van der Waals surface area contributed by atoms with Gasteiger partial charge in [-0.25, -0.2) is 18.7 Å². The van der Waals surface area contributed by atoms with Gasteiger partial charge >= 0.3 is 0 Å². The molecule has 0 aliphatic rings. The second-order valence-corrected chi connectivity index (χ2v) is 4.90. The Morgan fingerprint density at radius 2 is 1.86 bits per heavy atom. The molecule has 0 saturated carbocycles. The zero-order chi connectivity index (χ0) is 15.4. The largest absolute Gasteiger partial charge is 0.370 e. The molecule has 0 bridgehead atoms. The zero-order valence-corrected chi connectivity index (χ0v) is 12.2. The summed E-state index contributed by atoms with van der Waals surface area (Å²) in [6.07, 6.45) is 1.39. The summed E-state index contributed by atoms with van der Waals surface area (Å²) in [5.74, 6) is -0.524. The Morgan fingerprint density at radius 3 is 2.52 bits per heavy atom. The van der Waals surface area contributed by atoms with Crippen molar-refractivity contribution in [2.45, 2.75) is 26.7 Å². The van der Waals surface area contributed by atoms with Gasteiger partial charge in [-0.05, 0) is 25.0 Å². The summed E-state index contributed by atoms with van der Waals surface area (Å²) >= 11 is 0. The average Bonchev–Trinajstić information content (AvgIpc) is 2.44. The maximum atomic E-state index is 13.8. The van der Waals surface area contributed by atoms with E-state index in [-0.39, 0.29) is 11.6 Å². The van der Waals surface area contributed by atoms with Crippen LogP contribution in [0.5, 0.6) is 0 Å². The first kappa shape index (κ1) is 15.2. The predicted octanol–water partition coefficient (Wildman–Crippen LogP) is 4.05. The second kappa shape index (κ2) is 6.47. The highest BCUT2D eigenvalue weighted by atomic mass is 19.2. The van der Waals surface area contributed by atoms with Gasteiger partial charge in [-0.2, -0.15) is 0 Å². The SMILES string of the molecule is CCNc1ncnc(Nc2cccc(F)c2F)c1C(C)C. The molecule has 0 aliphatic heterocycles. The summed E-state index contributed by atoms with van der Waals surface area (Å²) in [6, 6.07) is 3.99. The number of rotatable bonds is 5. The van der Waals surface area contributed by atoms with E-state index in [0.29, 0.717) is 18.2 Å². The molecule has 1 aromatic heterocycles. The Labute approximate surface area is 122 Å². The van der Waals surface area contributed by atoms with Crippen LogP contribution in [0.2, 0.25) is 0 Å². The van der Waals surface area contributed by atoms with Crippen molar-refractivity contribution in [3.05, 3.63) is 41.7 Å². The van der Waals surface area contributed by atoms with Crippen LogP contribution in [0.25, 0.3) is 0 Å². The van der Waals surface area contributed by atoms with Gasteiger partial charge in [0.05, 0.1) is 5.69 Å². The maximum absolute atomic E-state index is 13.8. The molecule has 1 aromatic carbocycles. The maximum Gasteiger partial charge on any atom is 0.182 e. The van der Waals surface area contributed by atoms with Crippen molar-refractivity contribution in [1.82, 2.24) is 9.97 Å². The van der Waals surface area contributed by atoms with Gasteiger partial charge in [0.2, 0.25) is 0 Å². The van der Waals surface area contributed by atoms with Crippen LogP contribution in [0.4, 0.5) is 26.1 Å². The summed E-state index contributed by atoms with van der Waals surface area (Å²) < 4.78 is 27.1. The van der Waals surface area contributed by atoms with Gasteiger partial charge in [0.25, 0.3) is 0 Å². The number of anilines is 3. The number of hydrogen-bond donors (Lipinski definition) is 2. The van der Waals surface area contributed by atoms with Crippen LogP contribution in [-0.2, 0) is 0 Å². The average molecular weight is 292 g/mol. The van der Waals surface area contributed by atoms with E-state index in [1.807, 2.05) is 20.8 Å². The lowest BCUT2D eigenvalue weighted by Crippen LogP contribution is -2.09. The van der Waals surface area contributed by atoms with E-state index in [9.17, 15) is 8.78 Å². The van der Waals surface area contributed by atoms with Gasteiger partial charge in [-0.1, -0.05) is 19.9 Å². The first-order valence-electron chi connectivity index (χ1n) is 6.84. The highest BCUT2D eigenvalue weighted by Crippen LogP contribution is 2.31. The third kappa shape index (κ3) is 3.26. The van der Waals surface area contributed by atoms with E-state index in [1.54, 1.807) is 0 Å². The van der Waals surface area contributed by atoms with E-state index in [4.69, 9.17) is 0 Å². The fourth-order valence-corrected chi connectivity index (χ4v) is 2.08. The Bertz CT molecular complexity index is 629. The van der Waals surface area contributed by atoms with Gasteiger partial charge in [-0.3, -0.25) is 0 Å². The Kier molecular flexibility index (Phi) is 4.67. The fraction of sp³-hybridized carbons (Fsp3) is 0.333. The van der Waals surface area contributed by atoms with Crippen molar-refractivity contribution in [2.75, 3.05) is 17.2 Å². The van der Waals surface area contributed by atoms with Crippen LogP contribution >= 0.6 is 0 Å². The van der Waals surface area contributed by atoms with Crippen LogP contribution in [0.1, 0.15) is 32.3 Å². The number of nitrogens with zero attached hydrogens (tertiary/aromatic N) is 2. The quantitative estimate of drug-likeness (QED) is 0.872. The normalized spacial score (nSPS) is 10.8. The molecule has 1 heterocycles. The molecule has 112 valence electrons. The Balaban J connectivity index is 2.44. The first-order valence-corrected chi connectivity index (χ1v) is 6.84. The lowest BCUT2D eigenvalue weighted by Gasteiger charge is -2.17. The number of halogens is 2. The standard InChI is InChI=1S/C15H18F2N4/c1-4-18-14-12(9(2)3)15(20-8-19-14)21-11-7-5-6-10(16)13(11)17/h5-9H,4H2,1-3H3,(H2,18,19,20,21). The summed E-state index contributed by atoms with van der Waals surface area (Å²) in [4.78, 5) is 8.36. The minimum Gasteiger partial charge on any atom is -0.370 e. The molecule has 0 fully saturated rings. The molecule has 0 spiro atoms. The number of benzene rings is 1. The first-order chi connectivity index (χ1) is 10.0. The lowest BCUT2D eigenvalue weighted by atomic mass is 10.0. The molecule has 0 unspecified atom stereocenters. The van der Waals surface area contributed by atoms with E-state index < -0.39 is 11.6 Å². The smallest absolute Gasteiger partial charge is 0.182 e. The minimum absolute atomic E-state index is 0.0537. The van der Waals surface area contributed by atoms with Crippen LogP contribution in [0, 0.1) is 11.6 Å². The van der Waals surface area contributed by atoms with Gasteiger partial charge in [-0.15, -0.1) is 0 Å². The van der Waals surface area contributed by atoms with E-state index in [1.165, 1.54) is 18.5 Å². The highest BCUT2D eigenvalue weighted by Gasteiger charge is 2.16. The predicted molar refractivity (Wildman–Crippen MR) is 79.9 cm³/mol. The summed E-state index contributed by atoms with van der Waals surface area (Å²) in [6.45, 7) is 6.66. The third-order valence-corrected chi connectivity index (χ3v) is 3.01. The topological polar surface area (TPSA) is 49.8 Å². The summed E-state index contributed by atoms with van der Waals surface area (Å²) in [5, 5.41) is 6.01. The summed E-state index contributed by atoms with van der Waals surface area (Å²) in [7, 11) is 0. The number of aromatic nitrogens is 2.